The molecule has 4 aromatic heterocycles. The van der Waals surface area contributed by atoms with Crippen LogP contribution in [-0.2, 0) is 0 Å². The number of pyridine rings is 1. The van der Waals surface area contributed by atoms with Crippen molar-refractivity contribution in [3.63, 3.8) is 0 Å². The Hall–Kier alpha value is -7.47. The van der Waals surface area contributed by atoms with Crippen LogP contribution in [0, 0.1) is 6.92 Å². The van der Waals surface area contributed by atoms with Crippen molar-refractivity contribution in [1.29, 1.82) is 0 Å². The number of thiophene rings is 1. The Bertz CT molecular complexity index is 3450. The topological polar surface area (TPSA) is 51.8 Å². The quantitative estimate of drug-likeness (QED) is 0.120. The first-order valence-electron chi connectivity index (χ1n) is 19.7. The number of benzene rings is 7. The molecule has 0 atom stereocenters. The van der Waals surface area contributed by atoms with Gasteiger partial charge in [-0.1, -0.05) is 152 Å². The monoisotopic (exact) mass is 773 g/mol. The highest BCUT2D eigenvalue weighted by molar-refractivity contribution is 7.26. The van der Waals surface area contributed by atoms with Crippen LogP contribution in [0.15, 0.2) is 187 Å². The first kappa shape index (κ1) is 34.8. The van der Waals surface area contributed by atoms with Gasteiger partial charge in [0, 0.05) is 75.1 Å². The fraction of sp³-hybridized carbons (Fsp3) is 0.0185. The van der Waals surface area contributed by atoms with Crippen molar-refractivity contribution in [3.05, 3.63) is 194 Å². The van der Waals surface area contributed by atoms with Gasteiger partial charge in [-0.3, -0.25) is 0 Å². The molecule has 11 aromatic rings. The number of rotatable bonds is 7. The Morgan fingerprint density at radius 2 is 1.20 bits per heavy atom. The predicted octanol–water partition coefficient (Wildman–Crippen LogP) is 15.1. The van der Waals surface area contributed by atoms with Crippen LogP contribution in [0.4, 0.5) is 0 Å². The number of allylic oxidation sites excluding steroid dienone is 2. The molecule has 0 aliphatic heterocycles. The molecule has 0 saturated carbocycles. The van der Waals surface area contributed by atoms with E-state index in [4.69, 9.17) is 19.4 Å². The molecule has 278 valence electrons. The Morgan fingerprint density at radius 3 is 1.98 bits per heavy atom. The van der Waals surface area contributed by atoms with Crippen LogP contribution in [0.5, 0.6) is 0 Å². The molecule has 0 unspecified atom stereocenters. The minimum atomic E-state index is 0.669. The number of para-hydroxylation sites is 1. The average molecular weight is 774 g/mol. The normalized spacial score (nSPS) is 11.8. The Labute approximate surface area is 345 Å². The number of aromatic nitrogens is 3. The molecule has 4 heterocycles. The van der Waals surface area contributed by atoms with Crippen molar-refractivity contribution in [3.8, 4) is 56.3 Å². The summed E-state index contributed by atoms with van der Waals surface area (Å²) in [6.07, 6.45) is 5.60. The van der Waals surface area contributed by atoms with E-state index in [0.29, 0.717) is 5.82 Å². The summed E-state index contributed by atoms with van der Waals surface area (Å²) in [6, 6.07) is 57.7. The van der Waals surface area contributed by atoms with Gasteiger partial charge in [0.05, 0.1) is 22.6 Å². The molecule has 59 heavy (non-hydrogen) atoms. The van der Waals surface area contributed by atoms with Gasteiger partial charge in [-0.25, -0.2) is 15.0 Å². The summed E-state index contributed by atoms with van der Waals surface area (Å²) in [7, 11) is 0. The molecular formula is C54H35N3OS. The standard InChI is InChI=1S/C54H35N3OS/c1-3-4-22-47-33(2)39-29-28-38(30-48(39)58-47)46-32-45(56-54(57-46)37-17-9-6-10-18-37)35-26-24-34(25-27-35)42-31-43-50(51-41-20-12-14-23-49(41)59-53(42)51)40-19-11-13-21-44(40)55-52(43)36-15-7-5-8-16-36/h3-32H,1H2,2H3/b22-4-. The lowest BCUT2D eigenvalue weighted by atomic mass is 9.92. The number of hydrogen-bond acceptors (Lipinski definition) is 5. The fourth-order valence-electron chi connectivity index (χ4n) is 8.36. The lowest BCUT2D eigenvalue weighted by Crippen LogP contribution is -1.96. The van der Waals surface area contributed by atoms with Gasteiger partial charge in [-0.2, -0.15) is 0 Å². The van der Waals surface area contributed by atoms with E-state index >= 15 is 0 Å². The number of fused-ring (bicyclic) bond motifs is 8. The first-order valence-corrected chi connectivity index (χ1v) is 20.5. The SMILES string of the molecule is C=C/C=C\c1oc2cc(-c3cc(-c4ccc(-c5cc6c(-c7ccccc7)nc7ccccc7c6c6c5sc5ccccc56)cc4)nc(-c4ccccc4)n3)ccc2c1C. The number of furan rings is 1. The van der Waals surface area contributed by atoms with E-state index in [1.807, 2.05) is 41.7 Å². The van der Waals surface area contributed by atoms with E-state index < -0.39 is 0 Å². The van der Waals surface area contributed by atoms with Crippen molar-refractivity contribution in [2.45, 2.75) is 6.92 Å². The summed E-state index contributed by atoms with van der Waals surface area (Å²) in [4.78, 5) is 15.6. The van der Waals surface area contributed by atoms with E-state index in [-0.39, 0.29) is 0 Å². The summed E-state index contributed by atoms with van der Waals surface area (Å²) in [5, 5.41) is 7.17. The first-order chi connectivity index (χ1) is 29.1. The van der Waals surface area contributed by atoms with Gasteiger partial charge in [0.1, 0.15) is 11.3 Å². The van der Waals surface area contributed by atoms with Crippen LogP contribution in [0.3, 0.4) is 0 Å². The molecule has 0 spiro atoms. The second-order valence-electron chi connectivity index (χ2n) is 14.8. The molecule has 4 nitrogen and oxygen atoms in total. The summed E-state index contributed by atoms with van der Waals surface area (Å²) in [5.74, 6) is 1.49. The van der Waals surface area contributed by atoms with Crippen molar-refractivity contribution in [1.82, 2.24) is 15.0 Å². The Balaban J connectivity index is 1.09. The fourth-order valence-corrected chi connectivity index (χ4v) is 9.61. The van der Waals surface area contributed by atoms with Gasteiger partial charge in [0.2, 0.25) is 0 Å². The molecule has 0 N–H and O–H groups in total. The maximum atomic E-state index is 6.30. The van der Waals surface area contributed by atoms with Gasteiger partial charge in [0.15, 0.2) is 5.82 Å². The molecule has 0 saturated heterocycles. The van der Waals surface area contributed by atoms with E-state index in [9.17, 15) is 0 Å². The Morgan fingerprint density at radius 1 is 0.542 bits per heavy atom. The van der Waals surface area contributed by atoms with Crippen LogP contribution in [0.2, 0.25) is 0 Å². The molecule has 0 aliphatic carbocycles. The molecule has 5 heteroatoms. The third-order valence-corrected chi connectivity index (χ3v) is 12.5. The van der Waals surface area contributed by atoms with Gasteiger partial charge in [-0.15, -0.1) is 11.3 Å². The smallest absolute Gasteiger partial charge is 0.160 e. The minimum absolute atomic E-state index is 0.669. The highest BCUT2D eigenvalue weighted by Crippen LogP contribution is 2.48. The zero-order valence-corrected chi connectivity index (χ0v) is 33.0. The number of hydrogen-bond donors (Lipinski definition) is 0. The minimum Gasteiger partial charge on any atom is -0.456 e. The maximum Gasteiger partial charge on any atom is 0.160 e. The maximum absolute atomic E-state index is 6.30. The lowest BCUT2D eigenvalue weighted by molar-refractivity contribution is 0.601. The van der Waals surface area contributed by atoms with Crippen molar-refractivity contribution in [2.75, 3.05) is 0 Å². The summed E-state index contributed by atoms with van der Waals surface area (Å²) in [5.41, 5.74) is 11.9. The highest BCUT2D eigenvalue weighted by Gasteiger charge is 2.21. The summed E-state index contributed by atoms with van der Waals surface area (Å²) in [6.45, 7) is 5.89. The molecule has 0 fully saturated rings. The lowest BCUT2D eigenvalue weighted by Gasteiger charge is -2.15. The van der Waals surface area contributed by atoms with Gasteiger partial charge in [0.25, 0.3) is 0 Å². The number of nitrogens with zero attached hydrogens (tertiary/aromatic N) is 3. The van der Waals surface area contributed by atoms with Crippen molar-refractivity contribution in [2.24, 2.45) is 0 Å². The number of aryl methyl sites for hydroxylation is 1. The zero-order chi connectivity index (χ0) is 39.5. The second-order valence-corrected chi connectivity index (χ2v) is 15.8. The molecule has 0 amide bonds. The largest absolute Gasteiger partial charge is 0.456 e. The molecule has 11 rings (SSSR count). The van der Waals surface area contributed by atoms with Crippen LogP contribution >= 0.6 is 11.3 Å². The molecular weight excluding hydrogens is 739 g/mol. The van der Waals surface area contributed by atoms with Crippen LogP contribution in [0.25, 0.3) is 115 Å². The van der Waals surface area contributed by atoms with Gasteiger partial charge < -0.3 is 4.42 Å². The third-order valence-electron chi connectivity index (χ3n) is 11.3. The molecule has 0 radical (unpaired) electrons. The van der Waals surface area contributed by atoms with Crippen molar-refractivity contribution >= 4 is 70.2 Å². The van der Waals surface area contributed by atoms with E-state index in [2.05, 4.69) is 159 Å². The van der Waals surface area contributed by atoms with Crippen LogP contribution < -0.4 is 0 Å². The third kappa shape index (κ3) is 5.94. The summed E-state index contributed by atoms with van der Waals surface area (Å²) >= 11 is 1.86. The highest BCUT2D eigenvalue weighted by atomic mass is 32.1. The van der Waals surface area contributed by atoms with E-state index in [1.54, 1.807) is 6.08 Å². The molecule has 0 bridgehead atoms. The van der Waals surface area contributed by atoms with Crippen LogP contribution in [0.1, 0.15) is 11.3 Å². The second kappa shape index (κ2) is 14.2. The Kier molecular flexibility index (Phi) is 8.35. The van der Waals surface area contributed by atoms with E-state index in [0.717, 1.165) is 83.5 Å². The average Bonchev–Trinajstić information content (AvgIpc) is 3.85. The van der Waals surface area contributed by atoms with E-state index in [1.165, 1.54) is 31.1 Å². The summed E-state index contributed by atoms with van der Waals surface area (Å²) < 4.78 is 8.83. The van der Waals surface area contributed by atoms with Crippen LogP contribution in [-0.4, -0.2) is 15.0 Å². The van der Waals surface area contributed by atoms with Gasteiger partial charge >= 0.3 is 0 Å². The van der Waals surface area contributed by atoms with Gasteiger partial charge in [-0.05, 0) is 48.9 Å². The van der Waals surface area contributed by atoms with Crippen molar-refractivity contribution < 1.29 is 4.42 Å². The molecule has 0 aliphatic rings. The zero-order valence-electron chi connectivity index (χ0n) is 32.2. The molecule has 7 aromatic carbocycles. The predicted molar refractivity (Wildman–Crippen MR) is 249 cm³/mol.